The number of carboxylic acid groups (broad SMARTS) is 1. The smallest absolute Gasteiger partial charge is 0.326 e. The van der Waals surface area contributed by atoms with E-state index >= 15 is 0 Å². The quantitative estimate of drug-likeness (QED) is 0.0917. The van der Waals surface area contributed by atoms with Gasteiger partial charge in [-0.3, -0.25) is 14.4 Å². The lowest BCUT2D eigenvalue weighted by atomic mass is 10.00. The Morgan fingerprint density at radius 2 is 1.35 bits per heavy atom. The summed E-state index contributed by atoms with van der Waals surface area (Å²) >= 11 is 0. The fourth-order valence-corrected chi connectivity index (χ4v) is 5.51. The van der Waals surface area contributed by atoms with Crippen molar-refractivity contribution in [3.8, 4) is 0 Å². The van der Waals surface area contributed by atoms with Gasteiger partial charge in [0.1, 0.15) is 18.1 Å². The molecule has 0 saturated carbocycles. The molecule has 0 fully saturated rings. The highest BCUT2D eigenvalue weighted by Crippen LogP contribution is 2.20. The molecular formula is C33H38N8O5. The van der Waals surface area contributed by atoms with Crippen LogP contribution in [0.3, 0.4) is 0 Å². The predicted molar refractivity (Wildman–Crippen MR) is 173 cm³/mol. The van der Waals surface area contributed by atoms with Gasteiger partial charge in [-0.15, -0.1) is 0 Å². The van der Waals surface area contributed by atoms with E-state index in [0.717, 1.165) is 32.9 Å². The number of amides is 3. The lowest BCUT2D eigenvalue weighted by Crippen LogP contribution is -2.59. The Balaban J connectivity index is 1.28. The monoisotopic (exact) mass is 626 g/mol. The average Bonchev–Trinajstić information content (AvgIpc) is 3.80. The van der Waals surface area contributed by atoms with E-state index in [-0.39, 0.29) is 25.2 Å². The Bertz CT molecular complexity index is 1830. The summed E-state index contributed by atoms with van der Waals surface area (Å²) in [7, 11) is 0. The minimum Gasteiger partial charge on any atom is -0.480 e. The first kappa shape index (κ1) is 32.0. The Labute approximate surface area is 264 Å². The number of imidazole rings is 1. The van der Waals surface area contributed by atoms with Crippen molar-refractivity contribution in [3.05, 3.63) is 90.3 Å². The molecule has 9 N–H and O–H groups in total. The number of para-hydroxylation sites is 2. The second kappa shape index (κ2) is 14.1. The molecule has 0 bridgehead atoms. The Morgan fingerprint density at radius 3 is 1.91 bits per heavy atom. The minimum atomic E-state index is -1.27. The van der Waals surface area contributed by atoms with Gasteiger partial charge in [-0.2, -0.15) is 0 Å². The third kappa shape index (κ3) is 7.44. The fraction of sp³-hybridized carbons (Fsp3) is 0.303. The summed E-state index contributed by atoms with van der Waals surface area (Å²) in [6.07, 6.45) is 6.76. The van der Waals surface area contributed by atoms with Crippen LogP contribution in [0.2, 0.25) is 0 Å². The van der Waals surface area contributed by atoms with E-state index in [1.807, 2.05) is 54.7 Å². The zero-order valence-corrected chi connectivity index (χ0v) is 25.5. The SMILES string of the molecule is CC(C)C(NC(=O)C(N)Cc1c[nH]c2ccccc12)C(=O)NC(Cc1cnc[nH]1)C(=O)NC(Cc1c[nH]c2ccccc12)C(=O)O. The molecule has 13 nitrogen and oxygen atoms in total. The van der Waals surface area contributed by atoms with Gasteiger partial charge in [-0.1, -0.05) is 50.2 Å². The molecule has 0 aliphatic heterocycles. The van der Waals surface area contributed by atoms with E-state index in [1.54, 1.807) is 20.0 Å². The van der Waals surface area contributed by atoms with E-state index in [9.17, 15) is 24.3 Å². The summed E-state index contributed by atoms with van der Waals surface area (Å²) in [6.45, 7) is 3.53. The van der Waals surface area contributed by atoms with Crippen LogP contribution in [-0.4, -0.2) is 72.9 Å². The summed E-state index contributed by atoms with van der Waals surface area (Å²) in [5.74, 6) is -3.39. The topological polar surface area (TPSA) is 211 Å². The summed E-state index contributed by atoms with van der Waals surface area (Å²) in [4.78, 5) is 65.8. The van der Waals surface area contributed by atoms with Gasteiger partial charge in [0.25, 0.3) is 0 Å². The van der Waals surface area contributed by atoms with Crippen molar-refractivity contribution in [2.75, 3.05) is 0 Å². The van der Waals surface area contributed by atoms with E-state index < -0.39 is 47.9 Å². The number of carboxylic acids is 1. The van der Waals surface area contributed by atoms with Crippen molar-refractivity contribution in [1.29, 1.82) is 0 Å². The third-order valence-corrected chi connectivity index (χ3v) is 8.02. The second-order valence-electron chi connectivity index (χ2n) is 11.7. The minimum absolute atomic E-state index is 0.00976. The highest BCUT2D eigenvalue weighted by molar-refractivity contribution is 5.95. The van der Waals surface area contributed by atoms with Crippen molar-refractivity contribution in [2.24, 2.45) is 11.7 Å². The van der Waals surface area contributed by atoms with Crippen LogP contribution in [0.15, 0.2) is 73.4 Å². The van der Waals surface area contributed by atoms with Crippen LogP contribution in [0, 0.1) is 5.92 Å². The first-order valence-corrected chi connectivity index (χ1v) is 15.1. The predicted octanol–water partition coefficient (Wildman–Crippen LogP) is 1.92. The van der Waals surface area contributed by atoms with Crippen molar-refractivity contribution in [1.82, 2.24) is 35.9 Å². The highest BCUT2D eigenvalue weighted by atomic mass is 16.4. The first-order chi connectivity index (χ1) is 22.1. The summed E-state index contributed by atoms with van der Waals surface area (Å²) < 4.78 is 0. The Morgan fingerprint density at radius 1 is 0.761 bits per heavy atom. The van der Waals surface area contributed by atoms with Gasteiger partial charge >= 0.3 is 5.97 Å². The Kier molecular flexibility index (Phi) is 9.82. The molecule has 13 heteroatoms. The average molecular weight is 627 g/mol. The van der Waals surface area contributed by atoms with E-state index in [4.69, 9.17) is 5.73 Å². The number of nitrogens with zero attached hydrogens (tertiary/aromatic N) is 1. The fourth-order valence-electron chi connectivity index (χ4n) is 5.51. The summed E-state index contributed by atoms with van der Waals surface area (Å²) in [5.41, 5.74) is 10.2. The number of hydrogen-bond acceptors (Lipinski definition) is 6. The molecule has 0 radical (unpaired) electrons. The Hall–Kier alpha value is -5.43. The molecule has 4 atom stereocenters. The maximum atomic E-state index is 13.6. The van der Waals surface area contributed by atoms with Gasteiger partial charge in [0.15, 0.2) is 0 Å². The number of carbonyl (C=O) groups excluding carboxylic acids is 3. The summed E-state index contributed by atoms with van der Waals surface area (Å²) in [5, 5.41) is 19.9. The molecule has 5 aromatic rings. The van der Waals surface area contributed by atoms with Gasteiger partial charge in [0, 0.05) is 58.9 Å². The van der Waals surface area contributed by atoms with Crippen LogP contribution in [0.25, 0.3) is 21.8 Å². The molecule has 0 saturated heterocycles. The van der Waals surface area contributed by atoms with Gasteiger partial charge in [0.2, 0.25) is 17.7 Å². The van der Waals surface area contributed by atoms with E-state index in [2.05, 4.69) is 35.9 Å². The summed E-state index contributed by atoms with van der Waals surface area (Å²) in [6, 6.07) is 10.8. The largest absolute Gasteiger partial charge is 0.480 e. The van der Waals surface area contributed by atoms with Crippen LogP contribution >= 0.6 is 0 Å². The van der Waals surface area contributed by atoms with Crippen molar-refractivity contribution < 1.29 is 24.3 Å². The molecule has 0 aliphatic carbocycles. The number of H-pyrrole nitrogens is 3. The zero-order valence-electron chi connectivity index (χ0n) is 25.5. The van der Waals surface area contributed by atoms with Crippen LogP contribution in [-0.2, 0) is 38.4 Å². The van der Waals surface area contributed by atoms with E-state index in [0.29, 0.717) is 5.69 Å². The lowest BCUT2D eigenvalue weighted by molar-refractivity contribution is -0.142. The molecule has 46 heavy (non-hydrogen) atoms. The molecule has 3 aromatic heterocycles. The molecular weight excluding hydrogens is 588 g/mol. The van der Waals surface area contributed by atoms with Crippen LogP contribution in [0.4, 0.5) is 0 Å². The van der Waals surface area contributed by atoms with Crippen LogP contribution in [0.1, 0.15) is 30.7 Å². The zero-order chi connectivity index (χ0) is 32.8. The molecule has 0 spiro atoms. The number of nitrogens with one attached hydrogen (secondary N) is 6. The molecule has 5 rings (SSSR count). The van der Waals surface area contributed by atoms with Gasteiger partial charge in [-0.05, 0) is 35.6 Å². The van der Waals surface area contributed by atoms with Crippen molar-refractivity contribution in [2.45, 2.75) is 57.3 Å². The first-order valence-electron chi connectivity index (χ1n) is 15.1. The third-order valence-electron chi connectivity index (χ3n) is 8.02. The number of hydrogen-bond donors (Lipinski definition) is 8. The van der Waals surface area contributed by atoms with Crippen molar-refractivity contribution >= 4 is 45.5 Å². The molecule has 2 aromatic carbocycles. The highest BCUT2D eigenvalue weighted by Gasteiger charge is 2.32. The van der Waals surface area contributed by atoms with E-state index in [1.165, 1.54) is 12.5 Å². The number of carbonyl (C=O) groups is 4. The number of rotatable bonds is 14. The van der Waals surface area contributed by atoms with Crippen LogP contribution in [0.5, 0.6) is 0 Å². The molecule has 3 heterocycles. The normalized spacial score (nSPS) is 14.1. The number of benzene rings is 2. The molecule has 0 aliphatic rings. The molecule has 3 amide bonds. The van der Waals surface area contributed by atoms with Gasteiger partial charge in [-0.25, -0.2) is 9.78 Å². The van der Waals surface area contributed by atoms with Crippen LogP contribution < -0.4 is 21.7 Å². The standard InChI is InChI=1S/C33H38N8O5/c1-18(2)29(41-30(42)24(34)11-19-14-36-25-9-5-3-7-22(19)25)32(44)39-27(13-21-16-35-17-38-21)31(43)40-28(33(45)46)12-20-15-37-26-10-6-4-8-23(20)26/h3-10,14-18,24,27-29,36-37H,11-13,34H2,1-2H3,(H,35,38)(H,39,44)(H,40,43)(H,41,42)(H,45,46). The molecule has 4 unspecified atom stereocenters. The molecule has 240 valence electrons. The van der Waals surface area contributed by atoms with Crippen molar-refractivity contribution in [3.63, 3.8) is 0 Å². The number of aromatic amines is 3. The number of fused-ring (bicyclic) bond motifs is 2. The second-order valence-corrected chi connectivity index (χ2v) is 11.7. The number of aliphatic carboxylic acids is 1. The van der Waals surface area contributed by atoms with Gasteiger partial charge < -0.3 is 41.7 Å². The maximum Gasteiger partial charge on any atom is 0.326 e. The van der Waals surface area contributed by atoms with Gasteiger partial charge in [0.05, 0.1) is 12.4 Å². The maximum absolute atomic E-state index is 13.6. The lowest BCUT2D eigenvalue weighted by Gasteiger charge is -2.27. The number of nitrogens with two attached hydrogens (primary N) is 1. The number of aromatic nitrogens is 4.